The van der Waals surface area contributed by atoms with E-state index in [-0.39, 0.29) is 11.8 Å². The average Bonchev–Trinajstić information content (AvgIpc) is 2.57. The lowest BCUT2D eigenvalue weighted by Crippen LogP contribution is -2.44. The summed E-state index contributed by atoms with van der Waals surface area (Å²) in [6.07, 6.45) is 0.485. The summed E-state index contributed by atoms with van der Waals surface area (Å²) in [5, 5.41) is 5.61. The molecule has 0 bridgehead atoms. The zero-order chi connectivity index (χ0) is 13.0. The second kappa shape index (κ2) is 5.91. The Morgan fingerprint density at radius 2 is 2.22 bits per heavy atom. The van der Waals surface area contributed by atoms with Gasteiger partial charge in [-0.2, -0.15) is 11.8 Å². The Hall–Kier alpha value is -1.49. The Morgan fingerprint density at radius 1 is 1.44 bits per heavy atom. The van der Waals surface area contributed by atoms with Crippen molar-refractivity contribution in [2.75, 3.05) is 16.8 Å². The molecule has 2 N–H and O–H groups in total. The van der Waals surface area contributed by atoms with Crippen LogP contribution in [0.2, 0.25) is 0 Å². The van der Waals surface area contributed by atoms with E-state index in [9.17, 15) is 9.59 Å². The fourth-order valence-corrected chi connectivity index (χ4v) is 2.72. The number of carbonyl (C=O) groups excluding carboxylic acids is 2. The van der Waals surface area contributed by atoms with Gasteiger partial charge in [0.15, 0.2) is 0 Å². The summed E-state index contributed by atoms with van der Waals surface area (Å²) in [6.45, 7) is 1.94. The maximum atomic E-state index is 12.1. The van der Waals surface area contributed by atoms with Gasteiger partial charge in [0.1, 0.15) is 6.04 Å². The van der Waals surface area contributed by atoms with Gasteiger partial charge in [-0.1, -0.05) is 18.2 Å². The summed E-state index contributed by atoms with van der Waals surface area (Å²) in [4.78, 5) is 23.5. The highest BCUT2D eigenvalue weighted by Gasteiger charge is 2.23. The van der Waals surface area contributed by atoms with Crippen molar-refractivity contribution in [2.45, 2.75) is 19.4 Å². The number of hydrogen-bond acceptors (Lipinski definition) is 3. The molecule has 1 heterocycles. The Morgan fingerprint density at radius 3 is 3.00 bits per heavy atom. The molecule has 1 aromatic carbocycles. The minimum Gasteiger partial charge on any atom is -0.343 e. The number of benzene rings is 1. The number of nitrogens with one attached hydrogen (secondary N) is 2. The van der Waals surface area contributed by atoms with Crippen LogP contribution >= 0.6 is 11.8 Å². The minimum atomic E-state index is -0.440. The fourth-order valence-electron chi connectivity index (χ4n) is 1.75. The van der Waals surface area contributed by atoms with E-state index in [1.165, 1.54) is 0 Å². The van der Waals surface area contributed by atoms with E-state index in [1.54, 1.807) is 11.8 Å². The quantitative estimate of drug-likeness (QED) is 0.852. The number of thioether (sulfide) groups is 1. The Labute approximate surface area is 111 Å². The van der Waals surface area contributed by atoms with Crippen LogP contribution in [-0.4, -0.2) is 29.4 Å². The van der Waals surface area contributed by atoms with Crippen LogP contribution in [0.1, 0.15) is 12.0 Å². The number of anilines is 1. The molecule has 5 heteroatoms. The number of carbonyl (C=O) groups is 2. The van der Waals surface area contributed by atoms with Crippen LogP contribution in [0.15, 0.2) is 24.3 Å². The van der Waals surface area contributed by atoms with Crippen LogP contribution in [0.5, 0.6) is 0 Å². The molecule has 4 nitrogen and oxygen atoms in total. The maximum Gasteiger partial charge on any atom is 0.247 e. The summed E-state index contributed by atoms with van der Waals surface area (Å²) in [5.74, 6) is 1.21. The molecule has 1 fully saturated rings. The van der Waals surface area contributed by atoms with Gasteiger partial charge in [-0.3, -0.25) is 9.59 Å². The molecule has 18 heavy (non-hydrogen) atoms. The van der Waals surface area contributed by atoms with Crippen molar-refractivity contribution < 1.29 is 9.59 Å². The molecule has 0 radical (unpaired) electrons. The molecule has 1 unspecified atom stereocenters. The number of rotatable bonds is 2. The zero-order valence-electron chi connectivity index (χ0n) is 10.2. The van der Waals surface area contributed by atoms with Gasteiger partial charge in [0.05, 0.1) is 0 Å². The SMILES string of the molecule is Cc1ccccc1NC(=O)C1CSCCC(=O)N1. The first-order valence-corrected chi connectivity index (χ1v) is 7.06. The zero-order valence-corrected chi connectivity index (χ0v) is 11.0. The number of aryl methyl sites for hydroxylation is 1. The monoisotopic (exact) mass is 264 g/mol. The smallest absolute Gasteiger partial charge is 0.247 e. The molecule has 2 rings (SSSR count). The third-order valence-electron chi connectivity index (χ3n) is 2.81. The van der Waals surface area contributed by atoms with Crippen molar-refractivity contribution in [2.24, 2.45) is 0 Å². The van der Waals surface area contributed by atoms with Crippen molar-refractivity contribution in [3.63, 3.8) is 0 Å². The third-order valence-corrected chi connectivity index (χ3v) is 3.87. The lowest BCUT2D eigenvalue weighted by molar-refractivity contribution is -0.125. The largest absolute Gasteiger partial charge is 0.343 e. The van der Waals surface area contributed by atoms with Crippen LogP contribution in [0, 0.1) is 6.92 Å². The molecule has 96 valence electrons. The van der Waals surface area contributed by atoms with Gasteiger partial charge in [-0.25, -0.2) is 0 Å². The van der Waals surface area contributed by atoms with E-state index in [2.05, 4.69) is 10.6 Å². The van der Waals surface area contributed by atoms with Crippen molar-refractivity contribution in [1.29, 1.82) is 0 Å². The van der Waals surface area contributed by atoms with Crippen molar-refractivity contribution in [3.8, 4) is 0 Å². The topological polar surface area (TPSA) is 58.2 Å². The van der Waals surface area contributed by atoms with Gasteiger partial charge in [-0.15, -0.1) is 0 Å². The van der Waals surface area contributed by atoms with Crippen molar-refractivity contribution in [3.05, 3.63) is 29.8 Å². The van der Waals surface area contributed by atoms with Crippen molar-refractivity contribution >= 4 is 29.3 Å². The minimum absolute atomic E-state index is 0.0510. The lowest BCUT2D eigenvalue weighted by Gasteiger charge is -2.16. The van der Waals surface area contributed by atoms with Crippen LogP contribution in [0.3, 0.4) is 0 Å². The first-order valence-electron chi connectivity index (χ1n) is 5.90. The van der Waals surface area contributed by atoms with Crippen molar-refractivity contribution in [1.82, 2.24) is 5.32 Å². The van der Waals surface area contributed by atoms with Crippen LogP contribution in [0.4, 0.5) is 5.69 Å². The predicted molar refractivity (Wildman–Crippen MR) is 73.7 cm³/mol. The lowest BCUT2D eigenvalue weighted by atomic mass is 10.2. The van der Waals surface area contributed by atoms with Gasteiger partial charge < -0.3 is 10.6 Å². The van der Waals surface area contributed by atoms with E-state index in [0.717, 1.165) is 17.0 Å². The van der Waals surface area contributed by atoms with Crippen LogP contribution in [0.25, 0.3) is 0 Å². The van der Waals surface area contributed by atoms with Gasteiger partial charge in [0.25, 0.3) is 0 Å². The van der Waals surface area contributed by atoms with Gasteiger partial charge >= 0.3 is 0 Å². The number of amides is 2. The van der Waals surface area contributed by atoms with E-state index in [0.29, 0.717) is 12.2 Å². The Kier molecular flexibility index (Phi) is 4.25. The van der Waals surface area contributed by atoms with E-state index >= 15 is 0 Å². The molecule has 1 saturated heterocycles. The summed E-state index contributed by atoms with van der Waals surface area (Å²) < 4.78 is 0. The fraction of sp³-hybridized carbons (Fsp3) is 0.385. The molecule has 0 saturated carbocycles. The Balaban J connectivity index is 2.03. The van der Waals surface area contributed by atoms with Gasteiger partial charge in [-0.05, 0) is 18.6 Å². The predicted octanol–water partition coefficient (Wildman–Crippen LogP) is 1.56. The summed E-state index contributed by atoms with van der Waals surface area (Å²) in [6, 6.07) is 7.16. The highest BCUT2D eigenvalue weighted by molar-refractivity contribution is 7.99. The number of para-hydroxylation sites is 1. The molecule has 1 atom stereocenters. The second-order valence-corrected chi connectivity index (χ2v) is 5.40. The molecule has 0 spiro atoms. The third kappa shape index (κ3) is 3.26. The molecule has 2 amide bonds. The first-order chi connectivity index (χ1) is 8.66. The first kappa shape index (κ1) is 13.0. The standard InChI is InChI=1S/C13H16N2O2S/c1-9-4-2-3-5-10(9)15-13(17)11-8-18-7-6-12(16)14-11/h2-5,11H,6-8H2,1H3,(H,14,16)(H,15,17). The highest BCUT2D eigenvalue weighted by atomic mass is 32.2. The molecule has 0 aliphatic carbocycles. The molecular formula is C13H16N2O2S. The maximum absolute atomic E-state index is 12.1. The number of hydrogen-bond donors (Lipinski definition) is 2. The van der Waals surface area contributed by atoms with E-state index < -0.39 is 6.04 Å². The van der Waals surface area contributed by atoms with Gasteiger partial charge in [0, 0.05) is 23.6 Å². The van der Waals surface area contributed by atoms with Crippen LogP contribution < -0.4 is 10.6 Å². The molecule has 0 aromatic heterocycles. The van der Waals surface area contributed by atoms with E-state index in [1.807, 2.05) is 31.2 Å². The van der Waals surface area contributed by atoms with Gasteiger partial charge in [0.2, 0.25) is 11.8 Å². The summed E-state index contributed by atoms with van der Waals surface area (Å²) >= 11 is 1.63. The second-order valence-electron chi connectivity index (χ2n) is 4.25. The summed E-state index contributed by atoms with van der Waals surface area (Å²) in [5.41, 5.74) is 1.81. The van der Waals surface area contributed by atoms with Crippen LogP contribution in [-0.2, 0) is 9.59 Å². The van der Waals surface area contributed by atoms with E-state index in [4.69, 9.17) is 0 Å². The highest BCUT2D eigenvalue weighted by Crippen LogP contribution is 2.15. The average molecular weight is 264 g/mol. The molecule has 1 aliphatic rings. The summed E-state index contributed by atoms with van der Waals surface area (Å²) in [7, 11) is 0. The molecule has 1 aliphatic heterocycles. The Bertz CT molecular complexity index is 462. The molecular weight excluding hydrogens is 248 g/mol. The normalized spacial score (nSPS) is 19.8. The molecule has 1 aromatic rings.